The minimum absolute atomic E-state index is 0.459. The lowest BCUT2D eigenvalue weighted by atomic mass is 9.98. The lowest BCUT2D eigenvalue weighted by molar-refractivity contribution is 1.14. The van der Waals surface area contributed by atoms with E-state index in [0.717, 1.165) is 150 Å². The van der Waals surface area contributed by atoms with Crippen LogP contribution in [0.4, 0.5) is 5.69 Å². The monoisotopic (exact) mass is 1150 g/mol. The molecule has 0 bridgehead atoms. The van der Waals surface area contributed by atoms with E-state index in [0.29, 0.717) is 16.9 Å². The van der Waals surface area contributed by atoms with Crippen molar-refractivity contribution in [1.82, 2.24) is 29.1 Å². The van der Waals surface area contributed by atoms with Gasteiger partial charge in [-0.3, -0.25) is 19.9 Å². The fourth-order valence-electron chi connectivity index (χ4n) is 12.8. The summed E-state index contributed by atoms with van der Waals surface area (Å²) >= 11 is 0. The van der Waals surface area contributed by atoms with Gasteiger partial charge in [0.1, 0.15) is 6.07 Å². The second-order valence-corrected chi connectivity index (χ2v) is 22.4. The first-order valence-electron chi connectivity index (χ1n) is 29.8. The van der Waals surface area contributed by atoms with Crippen LogP contribution in [-0.2, 0) is 0 Å². The third kappa shape index (κ3) is 9.51. The Bertz CT molecular complexity index is 5280. The van der Waals surface area contributed by atoms with E-state index in [1.807, 2.05) is 116 Å². The maximum absolute atomic E-state index is 12.0. The molecular formula is C82H50N8. The highest BCUT2D eigenvalue weighted by atomic mass is 15.0. The molecule has 16 rings (SSSR count). The standard InChI is InChI=1S/C82H50N8/c1-84-67-24-14-23-65(41-67)72-51-77(89-78-46-57(61-33-37-85-73(42-61)53-15-6-2-7-16-53)25-29-68(78)69-30-26-58(47-79(69)89)62-34-38-86-74(43-62)54-17-8-3-9-18-54)66(52-83)50-82(72)90-80-48-59(63-35-39-87-75(44-63)55-19-10-4-11-20-55)27-31-70(80)71-32-28-60(49-81(71)90)64-36-40-88-76(45-64)56-21-12-5-13-22-56/h2-51H. The van der Waals surface area contributed by atoms with Gasteiger partial charge >= 0.3 is 0 Å². The Morgan fingerprint density at radius 1 is 0.289 bits per heavy atom. The number of aromatic nitrogens is 6. The molecule has 8 nitrogen and oxygen atoms in total. The quantitative estimate of drug-likeness (QED) is 0.120. The van der Waals surface area contributed by atoms with Crippen LogP contribution in [0.1, 0.15) is 5.56 Å². The molecule has 10 aromatic carbocycles. The van der Waals surface area contributed by atoms with Crippen molar-refractivity contribution >= 4 is 49.3 Å². The highest BCUT2D eigenvalue weighted by molar-refractivity contribution is 6.13. The fraction of sp³-hybridized carbons (Fsp3) is 0. The van der Waals surface area contributed by atoms with E-state index >= 15 is 0 Å². The highest BCUT2D eigenvalue weighted by Gasteiger charge is 2.24. The molecule has 0 spiro atoms. The van der Waals surface area contributed by atoms with Crippen LogP contribution in [-0.4, -0.2) is 29.1 Å². The maximum atomic E-state index is 12.0. The summed E-state index contributed by atoms with van der Waals surface area (Å²) in [6.07, 6.45) is 7.50. The molecule has 0 saturated heterocycles. The van der Waals surface area contributed by atoms with Gasteiger partial charge in [0.05, 0.1) is 68.4 Å². The number of hydrogen-bond acceptors (Lipinski definition) is 5. The molecule has 0 saturated carbocycles. The van der Waals surface area contributed by atoms with E-state index in [1.165, 1.54) is 0 Å². The summed E-state index contributed by atoms with van der Waals surface area (Å²) in [4.78, 5) is 23.2. The van der Waals surface area contributed by atoms with E-state index < -0.39 is 0 Å². The van der Waals surface area contributed by atoms with E-state index in [9.17, 15) is 5.26 Å². The largest absolute Gasteiger partial charge is 0.309 e. The molecule has 0 fully saturated rings. The molecule has 6 aromatic heterocycles. The Morgan fingerprint density at radius 3 is 0.944 bits per heavy atom. The van der Waals surface area contributed by atoms with E-state index in [-0.39, 0.29) is 0 Å². The van der Waals surface area contributed by atoms with Crippen LogP contribution in [0.3, 0.4) is 0 Å². The minimum Gasteiger partial charge on any atom is -0.309 e. The smallest absolute Gasteiger partial charge is 0.187 e. The molecule has 0 aliphatic carbocycles. The molecule has 6 heterocycles. The van der Waals surface area contributed by atoms with Gasteiger partial charge in [-0.05, 0) is 141 Å². The lowest BCUT2D eigenvalue weighted by Crippen LogP contribution is -2.04. The van der Waals surface area contributed by atoms with Crippen LogP contribution in [0.25, 0.3) is 160 Å². The predicted molar refractivity (Wildman–Crippen MR) is 366 cm³/mol. The summed E-state index contributed by atoms with van der Waals surface area (Å²) in [6.45, 7) is 8.32. The van der Waals surface area contributed by atoms with Crippen molar-refractivity contribution in [1.29, 1.82) is 5.26 Å². The molecule has 0 aliphatic heterocycles. The maximum Gasteiger partial charge on any atom is 0.187 e. The minimum atomic E-state index is 0.459. The molecule has 418 valence electrons. The van der Waals surface area contributed by atoms with Crippen LogP contribution < -0.4 is 0 Å². The van der Waals surface area contributed by atoms with E-state index in [1.54, 1.807) is 0 Å². The van der Waals surface area contributed by atoms with Crippen molar-refractivity contribution in [3.05, 3.63) is 321 Å². The number of nitrogens with zero attached hydrogens (tertiary/aromatic N) is 8. The van der Waals surface area contributed by atoms with Crippen LogP contribution in [0.15, 0.2) is 304 Å². The van der Waals surface area contributed by atoms with Gasteiger partial charge in [0.25, 0.3) is 0 Å². The molecule has 8 heteroatoms. The van der Waals surface area contributed by atoms with Crippen molar-refractivity contribution in [3.8, 4) is 118 Å². The summed E-state index contributed by atoms with van der Waals surface area (Å²) in [5.41, 5.74) is 23.5. The topological polar surface area (TPSA) is 89.6 Å². The Morgan fingerprint density at radius 2 is 0.611 bits per heavy atom. The first kappa shape index (κ1) is 52.9. The van der Waals surface area contributed by atoms with Gasteiger partial charge in [-0.2, -0.15) is 5.26 Å². The summed E-state index contributed by atoms with van der Waals surface area (Å²) < 4.78 is 4.59. The van der Waals surface area contributed by atoms with Crippen molar-refractivity contribution in [2.24, 2.45) is 0 Å². The zero-order valence-corrected chi connectivity index (χ0v) is 48.4. The molecule has 16 aromatic rings. The third-order valence-corrected chi connectivity index (χ3v) is 17.2. The third-order valence-electron chi connectivity index (χ3n) is 17.2. The molecule has 0 aliphatic rings. The second kappa shape index (κ2) is 22.3. The van der Waals surface area contributed by atoms with Crippen LogP contribution in [0.2, 0.25) is 0 Å². The van der Waals surface area contributed by atoms with Crippen molar-refractivity contribution < 1.29 is 0 Å². The Labute approximate surface area is 519 Å². The normalized spacial score (nSPS) is 11.3. The number of rotatable bonds is 11. The highest BCUT2D eigenvalue weighted by Crippen LogP contribution is 2.45. The average Bonchev–Trinajstić information content (AvgIpc) is 1.57. The van der Waals surface area contributed by atoms with Gasteiger partial charge in [-0.15, -0.1) is 0 Å². The Kier molecular flexibility index (Phi) is 13.1. The number of nitriles is 1. The van der Waals surface area contributed by atoms with Crippen LogP contribution in [0.5, 0.6) is 0 Å². The van der Waals surface area contributed by atoms with Crippen molar-refractivity contribution in [2.45, 2.75) is 0 Å². The van der Waals surface area contributed by atoms with Gasteiger partial charge in [0.2, 0.25) is 0 Å². The van der Waals surface area contributed by atoms with Crippen molar-refractivity contribution in [3.63, 3.8) is 0 Å². The van der Waals surface area contributed by atoms with Gasteiger partial charge < -0.3 is 9.13 Å². The van der Waals surface area contributed by atoms with Gasteiger partial charge in [0, 0.05) is 74.1 Å². The molecule has 0 N–H and O–H groups in total. The zero-order chi connectivity index (χ0) is 60.1. The number of hydrogen-bond donors (Lipinski definition) is 0. The summed E-state index contributed by atoms with van der Waals surface area (Å²) in [7, 11) is 0. The number of fused-ring (bicyclic) bond motifs is 6. The second-order valence-electron chi connectivity index (χ2n) is 22.4. The Balaban J connectivity index is 0.971. The van der Waals surface area contributed by atoms with Gasteiger partial charge in [-0.25, -0.2) is 4.85 Å². The predicted octanol–water partition coefficient (Wildman–Crippen LogP) is 20.9. The van der Waals surface area contributed by atoms with Gasteiger partial charge in [0.15, 0.2) is 5.69 Å². The number of benzene rings is 10. The summed E-state index contributed by atoms with van der Waals surface area (Å²) in [5.74, 6) is 0. The lowest BCUT2D eigenvalue weighted by Gasteiger charge is -2.20. The van der Waals surface area contributed by atoms with Gasteiger partial charge in [-0.1, -0.05) is 188 Å². The average molecular weight is 1150 g/mol. The van der Waals surface area contributed by atoms with Crippen molar-refractivity contribution in [2.75, 3.05) is 0 Å². The molecule has 0 unspecified atom stereocenters. The number of pyridine rings is 4. The molecule has 0 atom stereocenters. The zero-order valence-electron chi connectivity index (χ0n) is 48.4. The van der Waals surface area contributed by atoms with Crippen LogP contribution in [0, 0.1) is 17.9 Å². The first-order chi connectivity index (χ1) is 44.5. The SMILES string of the molecule is [C-]#[N+]c1cccc(-c2cc(-n3c4cc(-c5ccnc(-c6ccccc6)c5)ccc4c4ccc(-c5ccnc(-c6ccccc6)c5)cc43)c(C#N)cc2-n2c3cc(-c4ccnc(-c5ccccc5)c4)ccc3c3ccc(-c4ccnc(-c5ccccc5)c4)cc32)c1. The molecule has 0 amide bonds. The molecule has 90 heavy (non-hydrogen) atoms. The first-order valence-corrected chi connectivity index (χ1v) is 29.8. The summed E-state index contributed by atoms with van der Waals surface area (Å²) in [6, 6.07) is 99.2. The molecule has 0 radical (unpaired) electrons. The molecular weight excluding hydrogens is 1100 g/mol. The fourth-order valence-corrected chi connectivity index (χ4v) is 12.8. The Hall–Kier alpha value is -12.6. The van der Waals surface area contributed by atoms with E-state index in [4.69, 9.17) is 26.5 Å². The van der Waals surface area contributed by atoms with Crippen LogP contribution >= 0.6 is 0 Å². The summed E-state index contributed by atoms with van der Waals surface area (Å²) in [5, 5.41) is 16.1. The van der Waals surface area contributed by atoms with E-state index in [2.05, 4.69) is 208 Å².